The molecule has 0 aliphatic rings. The normalized spacial score (nSPS) is 10.7. The summed E-state index contributed by atoms with van der Waals surface area (Å²) >= 11 is 3.35. The molecule has 0 atom stereocenters. The van der Waals surface area contributed by atoms with Crippen LogP contribution < -0.4 is 14.9 Å². The Morgan fingerprint density at radius 1 is 1.03 bits per heavy atom. The Morgan fingerprint density at radius 2 is 1.75 bits per heavy atom. The van der Waals surface area contributed by atoms with Crippen LogP contribution in [0.1, 0.15) is 28.4 Å². The molecule has 3 rings (SSSR count). The van der Waals surface area contributed by atoms with Gasteiger partial charge >= 0.3 is 5.97 Å². The molecule has 1 amide bonds. The Balaban J connectivity index is 1.64. The zero-order valence-electron chi connectivity index (χ0n) is 17.2. The molecule has 3 aromatic carbocycles. The second-order valence-electron chi connectivity index (χ2n) is 6.63. The Morgan fingerprint density at radius 3 is 2.44 bits per heavy atom. The maximum absolute atomic E-state index is 13.0. The van der Waals surface area contributed by atoms with E-state index in [2.05, 4.69) is 26.5 Å². The minimum atomic E-state index is -0.632. The lowest BCUT2D eigenvalue weighted by atomic mass is 10.1. The highest BCUT2D eigenvalue weighted by Crippen LogP contribution is 2.29. The second-order valence-corrected chi connectivity index (χ2v) is 7.55. The van der Waals surface area contributed by atoms with Gasteiger partial charge in [0, 0.05) is 4.47 Å². The number of ether oxygens (including phenoxy) is 2. The number of rotatable bonds is 8. The Hall–Kier alpha value is -3.52. The van der Waals surface area contributed by atoms with Crippen LogP contribution in [-0.2, 0) is 11.2 Å². The average Bonchev–Trinajstić information content (AvgIpc) is 2.77. The van der Waals surface area contributed by atoms with Gasteiger partial charge in [0.15, 0.2) is 11.5 Å². The fraction of sp³-hybridized carbons (Fsp3) is 0.125. The molecule has 6 nitrogen and oxygen atoms in total. The predicted octanol–water partition coefficient (Wildman–Crippen LogP) is 4.90. The molecular weight excluding hydrogens is 479 g/mol. The van der Waals surface area contributed by atoms with Crippen molar-refractivity contribution in [2.75, 3.05) is 6.61 Å². The van der Waals surface area contributed by atoms with Crippen molar-refractivity contribution in [1.82, 2.24) is 5.43 Å². The summed E-state index contributed by atoms with van der Waals surface area (Å²) < 4.78 is 24.9. The quantitative estimate of drug-likeness (QED) is 0.207. The number of hydrazone groups is 1. The molecule has 1 N–H and O–H groups in total. The first kappa shape index (κ1) is 23.1. The summed E-state index contributed by atoms with van der Waals surface area (Å²) in [6.07, 6.45) is 1.67. The first-order chi connectivity index (χ1) is 15.4. The van der Waals surface area contributed by atoms with E-state index in [0.717, 1.165) is 10.0 Å². The van der Waals surface area contributed by atoms with Crippen molar-refractivity contribution in [3.63, 3.8) is 0 Å². The zero-order valence-corrected chi connectivity index (χ0v) is 18.8. The van der Waals surface area contributed by atoms with E-state index in [-0.39, 0.29) is 23.6 Å². The summed E-state index contributed by atoms with van der Waals surface area (Å²) in [7, 11) is 0. The van der Waals surface area contributed by atoms with Crippen LogP contribution in [0.15, 0.2) is 76.3 Å². The number of hydrogen-bond donors (Lipinski definition) is 1. The SMILES string of the molecule is CCOc1cc(C=NNC(=O)Cc2ccc(Br)cc2)ccc1OC(=O)c1ccc(F)cc1. The summed E-state index contributed by atoms with van der Waals surface area (Å²) in [5.74, 6) is -0.763. The van der Waals surface area contributed by atoms with Crippen LogP contribution in [0, 0.1) is 5.82 Å². The number of amides is 1. The molecule has 3 aromatic rings. The Kier molecular flexibility index (Phi) is 8.10. The van der Waals surface area contributed by atoms with Gasteiger partial charge in [0.1, 0.15) is 5.82 Å². The van der Waals surface area contributed by atoms with Crippen molar-refractivity contribution in [3.8, 4) is 11.5 Å². The molecule has 164 valence electrons. The number of benzene rings is 3. The minimum Gasteiger partial charge on any atom is -0.490 e. The van der Waals surface area contributed by atoms with Crippen LogP contribution in [0.3, 0.4) is 0 Å². The first-order valence-corrected chi connectivity index (χ1v) is 10.5. The van der Waals surface area contributed by atoms with E-state index in [9.17, 15) is 14.0 Å². The van der Waals surface area contributed by atoms with Gasteiger partial charge in [0.25, 0.3) is 0 Å². The summed E-state index contributed by atoms with van der Waals surface area (Å²) in [6.45, 7) is 2.15. The van der Waals surface area contributed by atoms with Gasteiger partial charge in [-0.05, 0) is 72.6 Å². The van der Waals surface area contributed by atoms with Crippen molar-refractivity contribution in [3.05, 3.63) is 93.7 Å². The van der Waals surface area contributed by atoms with E-state index < -0.39 is 11.8 Å². The van der Waals surface area contributed by atoms with Gasteiger partial charge in [-0.2, -0.15) is 5.10 Å². The predicted molar refractivity (Wildman–Crippen MR) is 123 cm³/mol. The third-order valence-electron chi connectivity index (χ3n) is 4.23. The average molecular weight is 499 g/mol. The van der Waals surface area contributed by atoms with E-state index in [1.54, 1.807) is 25.1 Å². The molecule has 0 heterocycles. The molecule has 32 heavy (non-hydrogen) atoms. The topological polar surface area (TPSA) is 77.0 Å². The summed E-state index contributed by atoms with van der Waals surface area (Å²) in [4.78, 5) is 24.4. The number of hydrogen-bond acceptors (Lipinski definition) is 5. The van der Waals surface area contributed by atoms with Crippen molar-refractivity contribution in [2.45, 2.75) is 13.3 Å². The highest BCUT2D eigenvalue weighted by Gasteiger charge is 2.13. The van der Waals surface area contributed by atoms with Crippen molar-refractivity contribution < 1.29 is 23.5 Å². The number of halogens is 2. The van der Waals surface area contributed by atoms with Gasteiger partial charge < -0.3 is 9.47 Å². The summed E-state index contributed by atoms with van der Waals surface area (Å²) in [6, 6.07) is 17.4. The largest absolute Gasteiger partial charge is 0.490 e. The Labute approximate surface area is 193 Å². The van der Waals surface area contributed by atoms with Gasteiger partial charge in [-0.15, -0.1) is 0 Å². The second kappa shape index (κ2) is 11.2. The van der Waals surface area contributed by atoms with Crippen molar-refractivity contribution in [2.24, 2.45) is 5.10 Å². The maximum atomic E-state index is 13.0. The molecule has 0 fully saturated rings. The number of nitrogens with zero attached hydrogens (tertiary/aromatic N) is 1. The lowest BCUT2D eigenvalue weighted by Crippen LogP contribution is -2.19. The lowest BCUT2D eigenvalue weighted by molar-refractivity contribution is -0.120. The maximum Gasteiger partial charge on any atom is 0.343 e. The van der Waals surface area contributed by atoms with Gasteiger partial charge in [-0.25, -0.2) is 14.6 Å². The molecule has 0 unspecified atom stereocenters. The Bertz CT molecular complexity index is 1120. The van der Waals surface area contributed by atoms with Crippen molar-refractivity contribution >= 4 is 34.0 Å². The van der Waals surface area contributed by atoms with E-state index in [4.69, 9.17) is 9.47 Å². The smallest absolute Gasteiger partial charge is 0.343 e. The van der Waals surface area contributed by atoms with Gasteiger partial charge in [0.05, 0.1) is 24.8 Å². The standard InChI is InChI=1S/C24H20BrFN2O4/c1-2-31-22-13-17(15-27-28-23(29)14-16-3-8-19(25)9-4-16)5-12-21(22)32-24(30)18-6-10-20(26)11-7-18/h3-13,15H,2,14H2,1H3,(H,28,29). The van der Waals surface area contributed by atoms with Crippen LogP contribution in [0.5, 0.6) is 11.5 Å². The lowest BCUT2D eigenvalue weighted by Gasteiger charge is -2.11. The third kappa shape index (κ3) is 6.75. The van der Waals surface area contributed by atoms with Gasteiger partial charge in [-0.3, -0.25) is 4.79 Å². The summed E-state index contributed by atoms with van der Waals surface area (Å²) in [5, 5.41) is 3.97. The molecule has 0 saturated carbocycles. The van der Waals surface area contributed by atoms with Gasteiger partial charge in [0.2, 0.25) is 5.91 Å². The van der Waals surface area contributed by atoms with Crippen LogP contribution in [-0.4, -0.2) is 24.7 Å². The molecule has 0 spiro atoms. The zero-order chi connectivity index (χ0) is 22.9. The highest BCUT2D eigenvalue weighted by molar-refractivity contribution is 9.10. The molecule has 8 heteroatoms. The third-order valence-corrected chi connectivity index (χ3v) is 4.76. The molecule has 0 aliphatic carbocycles. The molecule has 0 saturated heterocycles. The van der Waals surface area contributed by atoms with Crippen LogP contribution in [0.2, 0.25) is 0 Å². The van der Waals surface area contributed by atoms with E-state index in [0.29, 0.717) is 17.9 Å². The number of carbonyl (C=O) groups excluding carboxylic acids is 2. The fourth-order valence-electron chi connectivity index (χ4n) is 2.71. The molecule has 0 aromatic heterocycles. The van der Waals surface area contributed by atoms with E-state index in [1.807, 2.05) is 24.3 Å². The highest BCUT2D eigenvalue weighted by atomic mass is 79.9. The van der Waals surface area contributed by atoms with Gasteiger partial charge in [-0.1, -0.05) is 28.1 Å². The number of carbonyl (C=O) groups is 2. The molecule has 0 bridgehead atoms. The van der Waals surface area contributed by atoms with Crippen molar-refractivity contribution in [1.29, 1.82) is 0 Å². The van der Waals surface area contributed by atoms with Crippen LogP contribution in [0.25, 0.3) is 0 Å². The molecular formula is C24H20BrFN2O4. The van der Waals surface area contributed by atoms with Crippen LogP contribution >= 0.6 is 15.9 Å². The van der Waals surface area contributed by atoms with Crippen LogP contribution in [0.4, 0.5) is 4.39 Å². The van der Waals surface area contributed by atoms with E-state index >= 15 is 0 Å². The summed E-state index contributed by atoms with van der Waals surface area (Å²) in [5.41, 5.74) is 4.20. The molecule has 0 aliphatic heterocycles. The molecule has 0 radical (unpaired) electrons. The first-order valence-electron chi connectivity index (χ1n) is 9.75. The number of nitrogens with one attached hydrogen (secondary N) is 1. The fourth-order valence-corrected chi connectivity index (χ4v) is 2.97. The van der Waals surface area contributed by atoms with E-state index in [1.165, 1.54) is 30.5 Å². The number of esters is 1. The monoisotopic (exact) mass is 498 g/mol. The minimum absolute atomic E-state index is 0.201.